The van der Waals surface area contributed by atoms with E-state index in [0.717, 1.165) is 51.0 Å². The topological polar surface area (TPSA) is 233 Å². The number of hydrogen-bond acceptors (Lipinski definition) is 14. The standard InChI is InChI=1S/C29H33F3O4S2.C22H23S.C18H13OS.C15H24O3S.C13H18O6S/c1-27(2,3)20-7-13-23(14-8-20)37(24-15-9-21(10-16-24)28(4,5)6)25-17-11-22(12-18-25)36-26(29(30,31)32)19-38(33,34)35;1-22(2,3)18-14-16-21(17-15-18)23(19-10-6-4-7-11-19)20-12-8-5-9-13-20;1-2-8-14(9-3-1)20-17-12-6-4-10-15(17)19-16-11-5-7-13-18(16)20;1-9(2)12-7-13(10(3)4)15(19(16,17)18)14(8-12)11(5)6;14-11-9-3-8-4-10(11)7-13(5-8,6-9)12(15)19-1-2-20(16,17)18/h7-18,26H,19H2,1-6H3;4-17H,1-3H3;1-13H;7-11H,1-6H3,(H,16,17,18);8-10H,1-7H2,(H,16,17,18)/q;2*+1;;/p-2. The largest absolute Gasteiger partial charge is 0.748 e. The molecule has 15 rings (SSSR count). The van der Waals surface area contributed by atoms with Gasteiger partial charge in [0.2, 0.25) is 15.9 Å². The van der Waals surface area contributed by atoms with Gasteiger partial charge in [-0.2, -0.15) is 13.2 Å². The van der Waals surface area contributed by atoms with Crippen molar-refractivity contribution in [1.82, 2.24) is 0 Å². The maximum atomic E-state index is 13.3. The Morgan fingerprint density at radius 2 is 0.842 bits per heavy atom. The van der Waals surface area contributed by atoms with Gasteiger partial charge in [-0.05, 0) is 227 Å². The highest BCUT2D eigenvalue weighted by Crippen LogP contribution is 2.59. The summed E-state index contributed by atoms with van der Waals surface area (Å²) in [5, 5.41) is 0. The zero-order valence-corrected chi connectivity index (χ0v) is 75.6. The number of esters is 1. The smallest absolute Gasteiger partial charge is 0.426 e. The van der Waals surface area contributed by atoms with Gasteiger partial charge in [0, 0.05) is 11.8 Å². The summed E-state index contributed by atoms with van der Waals surface area (Å²) >= 11 is 0. The lowest BCUT2D eigenvalue weighted by molar-refractivity contribution is -0.188. The molecule has 14 nitrogen and oxygen atoms in total. The zero-order chi connectivity index (χ0) is 87.7. The number of alkyl halides is 3. The van der Waals surface area contributed by atoms with E-state index in [2.05, 4.69) is 264 Å². The Morgan fingerprint density at radius 1 is 0.483 bits per heavy atom. The van der Waals surface area contributed by atoms with Crippen molar-refractivity contribution in [3.63, 3.8) is 0 Å². The molecule has 0 aromatic heterocycles. The average molecular weight is 1750 g/mol. The number of ether oxygens (including phenoxy) is 3. The maximum Gasteiger partial charge on any atom is 0.426 e. The van der Waals surface area contributed by atoms with E-state index in [1.54, 1.807) is 12.1 Å². The SMILES string of the molecule is CC(C)(C)c1ccc([S+](c2ccc(OC(CS(=O)(=O)[O-])C(F)(F)F)cc2)c2ccc(C(C)(C)C)cc2)cc1.CC(C)(C)c1ccc([S+](c2ccccc2)c2ccccc2)cc1.CC(C)c1cc(C(C)C)c(S(=O)(=O)[O-])c(C(C)C)c1.O=C1C2CC3CC1CC(C(=O)OCCS(=O)(=O)[O-])(C3)C2.c1ccc([S+]2c3ccccc3Oc3ccccc32)cc1. The first-order chi connectivity index (χ1) is 56.2. The number of Topliss-reactive ketones (excluding diaryl/α,β-unsaturated/α-hetero) is 1. The highest BCUT2D eigenvalue weighted by Gasteiger charge is 2.59. The molecule has 0 spiro atoms. The first-order valence-electron chi connectivity index (χ1n) is 40.3. The van der Waals surface area contributed by atoms with E-state index in [0.29, 0.717) is 35.8 Å². The highest BCUT2D eigenvalue weighted by atomic mass is 32.2. The number of hydrogen-bond donors (Lipinski definition) is 0. The summed E-state index contributed by atoms with van der Waals surface area (Å²) < 4.78 is 155. The number of fused-ring (bicyclic) bond motifs is 2. The van der Waals surface area contributed by atoms with E-state index in [9.17, 15) is 61.7 Å². The zero-order valence-electron chi connectivity index (χ0n) is 70.7. The molecule has 3 unspecified atom stereocenters. The first-order valence-corrected chi connectivity index (χ1v) is 48.5. The number of para-hydroxylation sites is 2. The lowest BCUT2D eigenvalue weighted by Crippen LogP contribution is -2.55. The van der Waals surface area contributed by atoms with Gasteiger partial charge in [-0.25, -0.2) is 25.3 Å². The van der Waals surface area contributed by atoms with Crippen LogP contribution in [0.2, 0.25) is 0 Å². The van der Waals surface area contributed by atoms with Crippen LogP contribution in [0, 0.1) is 23.2 Å². The van der Waals surface area contributed by atoms with Gasteiger partial charge in [0.05, 0.1) is 63.8 Å². The second-order valence-electron chi connectivity index (χ2n) is 34.9. The molecule has 10 aromatic rings. The number of benzene rings is 10. The predicted octanol–water partition coefficient (Wildman–Crippen LogP) is 22.6. The monoisotopic (exact) mass is 1750 g/mol. The van der Waals surface area contributed by atoms with Gasteiger partial charge in [-0.3, -0.25) is 9.59 Å². The van der Waals surface area contributed by atoms with E-state index in [4.69, 9.17) is 14.2 Å². The van der Waals surface area contributed by atoms with E-state index >= 15 is 0 Å². The van der Waals surface area contributed by atoms with Crippen molar-refractivity contribution in [3.05, 3.63) is 282 Å². The van der Waals surface area contributed by atoms with Crippen molar-refractivity contribution in [2.45, 2.75) is 231 Å². The van der Waals surface area contributed by atoms with Crippen LogP contribution in [0.15, 0.2) is 298 Å². The van der Waals surface area contributed by atoms with E-state index in [-0.39, 0.29) is 84.7 Å². The lowest BCUT2D eigenvalue weighted by Gasteiger charge is -2.53. The number of carbonyl (C=O) groups is 2. The van der Waals surface area contributed by atoms with Crippen molar-refractivity contribution in [2.75, 3.05) is 18.1 Å². The van der Waals surface area contributed by atoms with Gasteiger partial charge in [0.25, 0.3) is 0 Å². The molecule has 5 aliphatic rings. The number of ketones is 1. The summed E-state index contributed by atoms with van der Waals surface area (Å²) in [6, 6.07) is 84.5. The molecule has 4 fully saturated rings. The minimum Gasteiger partial charge on any atom is -0.748 e. The molecule has 0 N–H and O–H groups in total. The summed E-state index contributed by atoms with van der Waals surface area (Å²) in [4.78, 5) is 35.1. The van der Waals surface area contributed by atoms with Crippen LogP contribution in [0.3, 0.4) is 0 Å². The average Bonchev–Trinajstić information content (AvgIpc) is 0.729. The molecule has 0 saturated heterocycles. The molecule has 120 heavy (non-hydrogen) atoms. The van der Waals surface area contributed by atoms with Crippen LogP contribution in [0.5, 0.6) is 17.2 Å². The third-order valence-electron chi connectivity index (χ3n) is 21.5. The molecule has 638 valence electrons. The molecule has 1 aliphatic heterocycles. The summed E-state index contributed by atoms with van der Waals surface area (Å²) in [6.45, 7) is 31.0. The predicted molar refractivity (Wildman–Crippen MR) is 469 cm³/mol. The Bertz CT molecular complexity index is 5290. The van der Waals surface area contributed by atoms with Gasteiger partial charge in [0.15, 0.2) is 45.8 Å². The summed E-state index contributed by atoms with van der Waals surface area (Å²) in [5.41, 5.74) is 5.66. The molecule has 4 bridgehead atoms. The molecular formula is C97H109F3O14S6. The Morgan fingerprint density at radius 3 is 1.18 bits per heavy atom. The minimum absolute atomic E-state index is 0.00919. The van der Waals surface area contributed by atoms with Crippen LogP contribution in [0.1, 0.15) is 187 Å². The lowest BCUT2D eigenvalue weighted by atomic mass is 9.49. The van der Waals surface area contributed by atoms with Crippen LogP contribution in [0.4, 0.5) is 13.2 Å². The Kier molecular flexibility index (Phi) is 30.4. The fourth-order valence-electron chi connectivity index (χ4n) is 15.4. The third kappa shape index (κ3) is 24.7. The molecule has 4 aliphatic carbocycles. The van der Waals surface area contributed by atoms with Gasteiger partial charge in [0.1, 0.15) is 39.2 Å². The van der Waals surface area contributed by atoms with E-state index in [1.165, 1.54) is 58.2 Å². The van der Waals surface area contributed by atoms with Crippen molar-refractivity contribution >= 4 is 74.8 Å². The number of carbonyl (C=O) groups excluding carboxylic acids is 2. The Labute approximate surface area is 717 Å². The molecule has 0 amide bonds. The third-order valence-corrected chi connectivity index (χ3v) is 30.7. The normalized spacial score (nSPS) is 17.4. The molecule has 3 atom stereocenters. The van der Waals surface area contributed by atoms with E-state index < -0.39 is 76.4 Å². The fourth-order valence-corrected chi connectivity index (χ4v) is 23.9. The van der Waals surface area contributed by atoms with E-state index in [1.807, 2.05) is 64.1 Å². The molecule has 1 heterocycles. The Balaban J connectivity index is 0.000000162. The Hall–Kier alpha value is -8.49. The van der Waals surface area contributed by atoms with Crippen LogP contribution < -0.4 is 9.47 Å². The molecule has 4 saturated carbocycles. The molecular weight excluding hydrogens is 1640 g/mol. The first kappa shape index (κ1) is 93.8. The van der Waals surface area contributed by atoms with Crippen molar-refractivity contribution in [3.8, 4) is 17.2 Å². The second kappa shape index (κ2) is 38.9. The van der Waals surface area contributed by atoms with Crippen molar-refractivity contribution < 1.29 is 75.9 Å². The van der Waals surface area contributed by atoms with Crippen molar-refractivity contribution in [1.29, 1.82) is 0 Å². The summed E-state index contributed by atoms with van der Waals surface area (Å²) in [7, 11) is -14.6. The second-order valence-corrected chi connectivity index (χ2v) is 45.2. The number of rotatable bonds is 19. The summed E-state index contributed by atoms with van der Waals surface area (Å²) in [6.07, 6.45) is -4.22. The van der Waals surface area contributed by atoms with Gasteiger partial charge < -0.3 is 27.9 Å². The van der Waals surface area contributed by atoms with Crippen LogP contribution in [0.25, 0.3) is 0 Å². The van der Waals surface area contributed by atoms with Crippen LogP contribution >= 0.6 is 0 Å². The van der Waals surface area contributed by atoms with Crippen LogP contribution in [-0.2, 0) is 93.6 Å². The van der Waals surface area contributed by atoms with Gasteiger partial charge in [-0.1, -0.05) is 231 Å². The summed E-state index contributed by atoms with van der Waals surface area (Å²) in [5.74, 6) is -0.0866. The van der Waals surface area contributed by atoms with Crippen molar-refractivity contribution in [2.24, 2.45) is 23.2 Å². The maximum absolute atomic E-state index is 13.3. The highest BCUT2D eigenvalue weighted by molar-refractivity contribution is 7.97. The fraction of sp³-hybridized carbons (Fsp3) is 0.361. The van der Waals surface area contributed by atoms with Crippen LogP contribution in [-0.4, -0.2) is 81.1 Å². The molecule has 10 aromatic carbocycles. The van der Waals surface area contributed by atoms with Gasteiger partial charge >= 0.3 is 12.1 Å². The molecule has 0 radical (unpaired) electrons. The quantitative estimate of drug-likeness (QED) is 0.0416. The molecule has 23 heteroatoms. The van der Waals surface area contributed by atoms with Gasteiger partial charge in [-0.15, -0.1) is 0 Å². The minimum atomic E-state index is -5.14. The number of halogens is 3.